The third-order valence-corrected chi connectivity index (χ3v) is 10.0. The fourth-order valence-corrected chi connectivity index (χ4v) is 6.43. The van der Waals surface area contributed by atoms with Crippen LogP contribution in [0.4, 0.5) is 0 Å². The standard InChI is InChI=1S/C42H74N4O4/c1-5-7-9-11-13-15-17-19-21-25-29-45-41(49)39(43)33(3)31-37(47)35-27-23-24-28-36(35)38(48)32-34(4)40(44)42(50)46-30-26-22-20-18-16-14-12-10-8-6-2/h23-24,27-28,33-34,39-40H,5-22,25-26,29-32,43-44H2,1-4H3,(H,45,49)(H,46,50)/t33?,34?,39-,40-/m0/s1. The van der Waals surface area contributed by atoms with E-state index in [0.29, 0.717) is 24.2 Å². The van der Waals surface area contributed by atoms with Gasteiger partial charge in [0, 0.05) is 37.1 Å². The molecule has 0 aliphatic carbocycles. The summed E-state index contributed by atoms with van der Waals surface area (Å²) >= 11 is 0. The van der Waals surface area contributed by atoms with Gasteiger partial charge in [0.2, 0.25) is 11.8 Å². The van der Waals surface area contributed by atoms with Crippen molar-refractivity contribution < 1.29 is 19.2 Å². The van der Waals surface area contributed by atoms with Crippen molar-refractivity contribution in [2.75, 3.05) is 13.1 Å². The molecule has 4 atom stereocenters. The van der Waals surface area contributed by atoms with Gasteiger partial charge < -0.3 is 22.1 Å². The normalized spacial score (nSPS) is 13.7. The number of amides is 2. The van der Waals surface area contributed by atoms with E-state index < -0.39 is 23.9 Å². The largest absolute Gasteiger partial charge is 0.355 e. The van der Waals surface area contributed by atoms with E-state index in [1.807, 2.05) is 0 Å². The molecule has 2 amide bonds. The number of hydrogen-bond donors (Lipinski definition) is 4. The predicted molar refractivity (Wildman–Crippen MR) is 208 cm³/mol. The molecule has 0 fully saturated rings. The Morgan fingerprint density at radius 1 is 0.500 bits per heavy atom. The van der Waals surface area contributed by atoms with Crippen molar-refractivity contribution >= 4 is 23.4 Å². The number of benzene rings is 1. The number of unbranched alkanes of at least 4 members (excludes halogenated alkanes) is 18. The molecule has 0 heterocycles. The van der Waals surface area contributed by atoms with Gasteiger partial charge >= 0.3 is 0 Å². The lowest BCUT2D eigenvalue weighted by molar-refractivity contribution is -0.124. The van der Waals surface area contributed by atoms with Crippen LogP contribution in [0.1, 0.15) is 190 Å². The van der Waals surface area contributed by atoms with Gasteiger partial charge in [-0.2, -0.15) is 0 Å². The molecule has 1 rings (SSSR count). The molecule has 0 spiro atoms. The van der Waals surface area contributed by atoms with E-state index >= 15 is 0 Å². The molecule has 50 heavy (non-hydrogen) atoms. The Morgan fingerprint density at radius 3 is 1.08 bits per heavy atom. The smallest absolute Gasteiger partial charge is 0.237 e. The first kappa shape index (κ1) is 45.4. The van der Waals surface area contributed by atoms with Gasteiger partial charge in [-0.15, -0.1) is 0 Å². The number of nitrogens with one attached hydrogen (secondary N) is 2. The lowest BCUT2D eigenvalue weighted by Crippen LogP contribution is -2.45. The fraction of sp³-hybridized carbons (Fsp3) is 0.762. The molecule has 1 aromatic carbocycles. The van der Waals surface area contributed by atoms with E-state index in [0.717, 1.165) is 25.7 Å². The van der Waals surface area contributed by atoms with Crippen LogP contribution in [-0.2, 0) is 9.59 Å². The minimum absolute atomic E-state index is 0.0492. The third-order valence-electron chi connectivity index (χ3n) is 10.0. The number of Topliss-reactive ketones (excluding diaryl/α,β-unsaturated/α-hetero) is 2. The van der Waals surface area contributed by atoms with Crippen LogP contribution in [-0.4, -0.2) is 48.6 Å². The van der Waals surface area contributed by atoms with Crippen LogP contribution < -0.4 is 22.1 Å². The SMILES string of the molecule is CCCCCCCCCCCCNC(=O)[C@@H](N)C(C)CC(=O)c1ccccc1C(=O)CC(C)[C@H](N)C(=O)NCCCCCCCCCCCC. The van der Waals surface area contributed by atoms with E-state index in [2.05, 4.69) is 24.5 Å². The molecule has 2 unspecified atom stereocenters. The molecular weight excluding hydrogens is 624 g/mol. The van der Waals surface area contributed by atoms with E-state index in [1.165, 1.54) is 103 Å². The molecular formula is C42H74N4O4. The highest BCUT2D eigenvalue weighted by molar-refractivity contribution is 6.09. The Labute approximate surface area is 305 Å². The highest BCUT2D eigenvalue weighted by Gasteiger charge is 2.27. The number of carbonyl (C=O) groups excluding carboxylic acids is 4. The summed E-state index contributed by atoms with van der Waals surface area (Å²) in [5, 5.41) is 5.86. The summed E-state index contributed by atoms with van der Waals surface area (Å²) in [5.74, 6) is -1.76. The molecule has 6 N–H and O–H groups in total. The molecule has 0 aromatic heterocycles. The Hall–Kier alpha value is -2.58. The zero-order valence-electron chi connectivity index (χ0n) is 32.4. The lowest BCUT2D eigenvalue weighted by Gasteiger charge is -2.20. The molecule has 1 aromatic rings. The minimum atomic E-state index is -0.818. The third kappa shape index (κ3) is 20.3. The van der Waals surface area contributed by atoms with Crippen LogP contribution in [0.5, 0.6) is 0 Å². The Bertz CT molecular complexity index is 995. The van der Waals surface area contributed by atoms with Crippen molar-refractivity contribution in [1.29, 1.82) is 0 Å². The van der Waals surface area contributed by atoms with Gasteiger partial charge in [0.05, 0.1) is 12.1 Å². The summed E-state index contributed by atoms with van der Waals surface area (Å²) < 4.78 is 0. The molecule has 8 heteroatoms. The number of rotatable bonds is 32. The highest BCUT2D eigenvalue weighted by atomic mass is 16.2. The second-order valence-electron chi connectivity index (χ2n) is 14.8. The van der Waals surface area contributed by atoms with Gasteiger partial charge in [-0.25, -0.2) is 0 Å². The van der Waals surface area contributed by atoms with Crippen LogP contribution in [0.15, 0.2) is 24.3 Å². The first-order chi connectivity index (χ1) is 24.1. The van der Waals surface area contributed by atoms with E-state index in [9.17, 15) is 19.2 Å². The Morgan fingerprint density at radius 2 is 0.780 bits per heavy atom. The summed E-state index contributed by atoms with van der Waals surface area (Å²) in [7, 11) is 0. The first-order valence-electron chi connectivity index (χ1n) is 20.4. The van der Waals surface area contributed by atoms with Crippen molar-refractivity contribution in [1.82, 2.24) is 10.6 Å². The summed E-state index contributed by atoms with van der Waals surface area (Å²) in [4.78, 5) is 52.1. The summed E-state index contributed by atoms with van der Waals surface area (Å²) in [5.41, 5.74) is 13.1. The Kier molecular flexibility index (Phi) is 26.4. The maximum Gasteiger partial charge on any atom is 0.237 e. The van der Waals surface area contributed by atoms with Gasteiger partial charge in [-0.1, -0.05) is 168 Å². The van der Waals surface area contributed by atoms with Gasteiger partial charge in [-0.3, -0.25) is 19.2 Å². The Balaban J connectivity index is 2.42. The van der Waals surface area contributed by atoms with Crippen LogP contribution in [0.2, 0.25) is 0 Å². The van der Waals surface area contributed by atoms with Gasteiger partial charge in [0.25, 0.3) is 0 Å². The molecule has 8 nitrogen and oxygen atoms in total. The number of ketones is 2. The maximum absolute atomic E-state index is 13.3. The van der Waals surface area contributed by atoms with E-state index in [1.54, 1.807) is 38.1 Å². The second kappa shape index (κ2) is 29.0. The predicted octanol–water partition coefficient (Wildman–Crippen LogP) is 8.83. The van der Waals surface area contributed by atoms with Crippen molar-refractivity contribution in [3.8, 4) is 0 Å². The molecule has 0 aliphatic rings. The van der Waals surface area contributed by atoms with Gasteiger partial charge in [0.1, 0.15) is 0 Å². The minimum Gasteiger partial charge on any atom is -0.355 e. The molecule has 0 bridgehead atoms. The molecule has 286 valence electrons. The summed E-state index contributed by atoms with van der Waals surface area (Å²) in [6.07, 6.45) is 24.7. The van der Waals surface area contributed by atoms with Crippen molar-refractivity contribution in [2.24, 2.45) is 23.3 Å². The first-order valence-corrected chi connectivity index (χ1v) is 20.4. The zero-order valence-corrected chi connectivity index (χ0v) is 32.4. The zero-order chi connectivity index (χ0) is 37.0. The average Bonchev–Trinajstić information content (AvgIpc) is 3.11. The molecule has 0 saturated heterocycles. The fourth-order valence-electron chi connectivity index (χ4n) is 6.43. The van der Waals surface area contributed by atoms with Crippen LogP contribution in [0.25, 0.3) is 0 Å². The second-order valence-corrected chi connectivity index (χ2v) is 14.8. The molecule has 0 radical (unpaired) electrons. The average molecular weight is 699 g/mol. The summed E-state index contributed by atoms with van der Waals surface area (Å²) in [6.45, 7) is 9.22. The topological polar surface area (TPSA) is 144 Å². The quantitative estimate of drug-likeness (QED) is 0.0437. The van der Waals surface area contributed by atoms with Gasteiger partial charge in [0.15, 0.2) is 11.6 Å². The van der Waals surface area contributed by atoms with Gasteiger partial charge in [-0.05, 0) is 24.7 Å². The van der Waals surface area contributed by atoms with E-state index in [-0.39, 0.29) is 36.2 Å². The number of carbonyl (C=O) groups is 4. The lowest BCUT2D eigenvalue weighted by atomic mass is 9.88. The van der Waals surface area contributed by atoms with Crippen molar-refractivity contribution in [2.45, 2.75) is 181 Å². The molecule has 0 aliphatic heterocycles. The van der Waals surface area contributed by atoms with Crippen LogP contribution in [0, 0.1) is 11.8 Å². The monoisotopic (exact) mass is 699 g/mol. The van der Waals surface area contributed by atoms with Crippen molar-refractivity contribution in [3.05, 3.63) is 35.4 Å². The van der Waals surface area contributed by atoms with Crippen molar-refractivity contribution in [3.63, 3.8) is 0 Å². The van der Waals surface area contributed by atoms with E-state index in [4.69, 9.17) is 11.5 Å². The number of nitrogens with two attached hydrogens (primary N) is 2. The number of hydrogen-bond acceptors (Lipinski definition) is 6. The highest BCUT2D eigenvalue weighted by Crippen LogP contribution is 2.20. The maximum atomic E-state index is 13.3. The molecule has 0 saturated carbocycles. The summed E-state index contributed by atoms with van der Waals surface area (Å²) in [6, 6.07) is 5.10. The van der Waals surface area contributed by atoms with Crippen LogP contribution >= 0.6 is 0 Å². The van der Waals surface area contributed by atoms with Crippen LogP contribution in [0.3, 0.4) is 0 Å².